The summed E-state index contributed by atoms with van der Waals surface area (Å²) in [5, 5.41) is 0. The van der Waals surface area contributed by atoms with Crippen molar-refractivity contribution in [1.82, 2.24) is 0 Å². The molecule has 1 heterocycles. The van der Waals surface area contributed by atoms with Crippen molar-refractivity contribution in [2.45, 2.75) is 19.4 Å². The summed E-state index contributed by atoms with van der Waals surface area (Å²) in [6.07, 6.45) is 0.977. The normalized spacial score (nSPS) is 32.5. The summed E-state index contributed by atoms with van der Waals surface area (Å²) in [5.41, 5.74) is 0. The summed E-state index contributed by atoms with van der Waals surface area (Å²) >= 11 is 0. The van der Waals surface area contributed by atoms with E-state index < -0.39 is 9.05 Å². The van der Waals surface area contributed by atoms with E-state index >= 15 is 0 Å². The molecule has 1 fully saturated rings. The van der Waals surface area contributed by atoms with Gasteiger partial charge in [-0.05, 0) is 19.3 Å². The summed E-state index contributed by atoms with van der Waals surface area (Å²) in [6.45, 7) is 2.45. The Kier molecular flexibility index (Phi) is 2.78. The summed E-state index contributed by atoms with van der Waals surface area (Å²) in [6, 6.07) is 0. The lowest BCUT2D eigenvalue weighted by Gasteiger charge is -2.02. The summed E-state index contributed by atoms with van der Waals surface area (Å²) in [4.78, 5) is 0. The zero-order valence-corrected chi connectivity index (χ0v) is 7.86. The molecule has 0 radical (unpaired) electrons. The van der Waals surface area contributed by atoms with E-state index in [1.165, 1.54) is 0 Å². The summed E-state index contributed by atoms with van der Waals surface area (Å²) < 4.78 is 26.4. The van der Waals surface area contributed by atoms with Crippen LogP contribution in [-0.4, -0.2) is 26.9 Å². The monoisotopic (exact) mass is 198 g/mol. The first-order chi connectivity index (χ1) is 4.97. The standard InChI is InChI=1S/C6H11ClO3S/c1-5-2-6(3-10-5)4-11(7,8)9/h5-6H,2-4H2,1H3. The topological polar surface area (TPSA) is 43.4 Å². The Morgan fingerprint density at radius 3 is 2.64 bits per heavy atom. The molecular formula is C6H11ClO3S. The average Bonchev–Trinajstić information content (AvgIpc) is 2.10. The van der Waals surface area contributed by atoms with Crippen molar-refractivity contribution in [3.05, 3.63) is 0 Å². The Hall–Kier alpha value is 0.200. The predicted molar refractivity (Wildman–Crippen MR) is 43.2 cm³/mol. The molecule has 1 saturated heterocycles. The van der Waals surface area contributed by atoms with Crippen LogP contribution in [-0.2, 0) is 13.8 Å². The first-order valence-corrected chi connectivity index (χ1v) is 5.99. The third kappa shape index (κ3) is 3.40. The maximum atomic E-state index is 10.6. The molecule has 0 saturated carbocycles. The molecule has 0 aromatic heterocycles. The molecule has 0 bridgehead atoms. The average molecular weight is 199 g/mol. The second-order valence-corrected chi connectivity index (χ2v) is 5.77. The van der Waals surface area contributed by atoms with Gasteiger partial charge in [0.15, 0.2) is 0 Å². The highest BCUT2D eigenvalue weighted by Gasteiger charge is 2.25. The number of ether oxygens (including phenoxy) is 1. The maximum Gasteiger partial charge on any atom is 0.232 e. The largest absolute Gasteiger partial charge is 0.378 e. The van der Waals surface area contributed by atoms with Crippen LogP contribution in [0.1, 0.15) is 13.3 Å². The SMILES string of the molecule is CC1CC(CS(=O)(=O)Cl)CO1. The molecule has 0 spiro atoms. The molecule has 1 aliphatic heterocycles. The highest BCUT2D eigenvalue weighted by Crippen LogP contribution is 2.21. The van der Waals surface area contributed by atoms with Crippen LogP contribution < -0.4 is 0 Å². The molecule has 2 atom stereocenters. The van der Waals surface area contributed by atoms with Gasteiger partial charge in [0.25, 0.3) is 0 Å². The Bertz CT molecular complexity index is 224. The van der Waals surface area contributed by atoms with Gasteiger partial charge in [0.05, 0.1) is 18.5 Å². The molecule has 5 heteroatoms. The fourth-order valence-electron chi connectivity index (χ4n) is 1.30. The van der Waals surface area contributed by atoms with Gasteiger partial charge in [-0.2, -0.15) is 0 Å². The van der Waals surface area contributed by atoms with Crippen molar-refractivity contribution in [3.63, 3.8) is 0 Å². The highest BCUT2D eigenvalue weighted by molar-refractivity contribution is 8.13. The van der Waals surface area contributed by atoms with Crippen LogP contribution in [0, 0.1) is 5.92 Å². The van der Waals surface area contributed by atoms with E-state index in [0.717, 1.165) is 6.42 Å². The molecule has 0 aromatic carbocycles. The van der Waals surface area contributed by atoms with Crippen LogP contribution in [0.2, 0.25) is 0 Å². The van der Waals surface area contributed by atoms with Gasteiger partial charge in [-0.15, -0.1) is 0 Å². The van der Waals surface area contributed by atoms with Crippen LogP contribution in [0.25, 0.3) is 0 Å². The van der Waals surface area contributed by atoms with Crippen LogP contribution >= 0.6 is 10.7 Å². The van der Waals surface area contributed by atoms with Crippen molar-refractivity contribution in [1.29, 1.82) is 0 Å². The Balaban J connectivity index is 2.41. The van der Waals surface area contributed by atoms with Crippen LogP contribution in [0.3, 0.4) is 0 Å². The highest BCUT2D eigenvalue weighted by atomic mass is 35.7. The van der Waals surface area contributed by atoms with Gasteiger partial charge in [0.2, 0.25) is 9.05 Å². The fourth-order valence-corrected chi connectivity index (χ4v) is 2.63. The van der Waals surface area contributed by atoms with Gasteiger partial charge in [-0.25, -0.2) is 8.42 Å². The molecule has 0 amide bonds. The Morgan fingerprint density at radius 2 is 2.27 bits per heavy atom. The molecule has 1 aliphatic rings. The van der Waals surface area contributed by atoms with Gasteiger partial charge in [0, 0.05) is 10.7 Å². The van der Waals surface area contributed by atoms with Gasteiger partial charge >= 0.3 is 0 Å². The van der Waals surface area contributed by atoms with E-state index in [9.17, 15) is 8.42 Å². The predicted octanol–water partition coefficient (Wildman–Crippen LogP) is 0.980. The van der Waals surface area contributed by atoms with E-state index in [4.69, 9.17) is 15.4 Å². The van der Waals surface area contributed by atoms with E-state index in [-0.39, 0.29) is 17.8 Å². The smallest absolute Gasteiger partial charge is 0.232 e. The van der Waals surface area contributed by atoms with Crippen LogP contribution in [0.15, 0.2) is 0 Å². The summed E-state index contributed by atoms with van der Waals surface area (Å²) in [5.74, 6) is 0.131. The number of hydrogen-bond donors (Lipinski definition) is 0. The van der Waals surface area contributed by atoms with Crippen molar-refractivity contribution in [2.24, 2.45) is 5.92 Å². The molecule has 0 aromatic rings. The van der Waals surface area contributed by atoms with E-state index in [1.807, 2.05) is 6.92 Å². The Labute approximate surface area is 71.1 Å². The minimum atomic E-state index is -3.34. The van der Waals surface area contributed by atoms with Crippen molar-refractivity contribution < 1.29 is 13.2 Å². The molecule has 0 N–H and O–H groups in total. The molecule has 66 valence electrons. The Morgan fingerprint density at radius 1 is 1.64 bits per heavy atom. The fraction of sp³-hybridized carbons (Fsp3) is 1.00. The van der Waals surface area contributed by atoms with Gasteiger partial charge in [0.1, 0.15) is 0 Å². The van der Waals surface area contributed by atoms with Crippen molar-refractivity contribution >= 4 is 19.7 Å². The number of halogens is 1. The molecule has 2 unspecified atom stereocenters. The molecule has 1 rings (SSSR count). The number of rotatable bonds is 2. The molecular weight excluding hydrogens is 188 g/mol. The first-order valence-electron chi connectivity index (χ1n) is 3.51. The molecule has 3 nitrogen and oxygen atoms in total. The van der Waals surface area contributed by atoms with Crippen molar-refractivity contribution in [3.8, 4) is 0 Å². The van der Waals surface area contributed by atoms with Gasteiger partial charge < -0.3 is 4.74 Å². The van der Waals surface area contributed by atoms with Gasteiger partial charge in [-0.1, -0.05) is 0 Å². The second-order valence-electron chi connectivity index (χ2n) is 2.95. The molecule has 0 aliphatic carbocycles. The number of hydrogen-bond acceptors (Lipinski definition) is 3. The zero-order chi connectivity index (χ0) is 8.48. The second kappa shape index (κ2) is 3.29. The lowest BCUT2D eigenvalue weighted by molar-refractivity contribution is 0.121. The molecule has 11 heavy (non-hydrogen) atoms. The maximum absolute atomic E-state index is 10.6. The first kappa shape index (κ1) is 9.29. The quantitative estimate of drug-likeness (QED) is 0.622. The van der Waals surface area contributed by atoms with Crippen LogP contribution in [0.4, 0.5) is 0 Å². The lowest BCUT2D eigenvalue weighted by Crippen LogP contribution is -2.11. The van der Waals surface area contributed by atoms with E-state index in [1.54, 1.807) is 0 Å². The third-order valence-corrected chi connectivity index (χ3v) is 2.96. The van der Waals surface area contributed by atoms with Gasteiger partial charge in [-0.3, -0.25) is 0 Å². The summed E-state index contributed by atoms with van der Waals surface area (Å²) in [7, 11) is 1.74. The zero-order valence-electron chi connectivity index (χ0n) is 6.29. The third-order valence-electron chi connectivity index (χ3n) is 1.72. The van der Waals surface area contributed by atoms with Crippen molar-refractivity contribution in [2.75, 3.05) is 12.4 Å². The van der Waals surface area contributed by atoms with Crippen LogP contribution in [0.5, 0.6) is 0 Å². The van der Waals surface area contributed by atoms with E-state index in [2.05, 4.69) is 0 Å². The minimum absolute atomic E-state index is 0.0406. The lowest BCUT2D eigenvalue weighted by atomic mass is 10.1. The van der Waals surface area contributed by atoms with E-state index in [0.29, 0.717) is 6.61 Å². The minimum Gasteiger partial charge on any atom is -0.378 e.